The number of carbonyl (C=O) groups excluding carboxylic acids is 1. The van der Waals surface area contributed by atoms with E-state index < -0.39 is 0 Å². The van der Waals surface area contributed by atoms with E-state index in [1.54, 1.807) is 18.2 Å². The van der Waals surface area contributed by atoms with Crippen LogP contribution >= 0.6 is 27.3 Å². The molecule has 2 rings (SSSR count). The Hall–Kier alpha value is -1.33. The van der Waals surface area contributed by atoms with Crippen LogP contribution in [0.15, 0.2) is 28.7 Å². The summed E-state index contributed by atoms with van der Waals surface area (Å²) in [5.74, 6) is 0.409. The van der Waals surface area contributed by atoms with Crippen LogP contribution in [0.1, 0.15) is 27.0 Å². The molecule has 0 bridgehead atoms. The summed E-state index contributed by atoms with van der Waals surface area (Å²) < 4.78 is 6.44. The zero-order chi connectivity index (χ0) is 14.0. The van der Waals surface area contributed by atoms with E-state index in [0.717, 1.165) is 9.35 Å². The van der Waals surface area contributed by atoms with Gasteiger partial charge in [-0.3, -0.25) is 4.79 Å². The lowest BCUT2D eigenvalue weighted by Gasteiger charge is -2.11. The van der Waals surface area contributed by atoms with E-state index in [1.165, 1.54) is 11.3 Å². The fourth-order valence-corrected chi connectivity index (χ4v) is 3.23. The molecule has 3 nitrogen and oxygen atoms in total. The summed E-state index contributed by atoms with van der Waals surface area (Å²) >= 11 is 4.88. The van der Waals surface area contributed by atoms with Gasteiger partial charge in [0.25, 0.3) is 0 Å². The Bertz CT molecular complexity index is 602. The van der Waals surface area contributed by atoms with Gasteiger partial charge in [0, 0.05) is 9.35 Å². The van der Waals surface area contributed by atoms with Gasteiger partial charge in [0.1, 0.15) is 0 Å². The smallest absolute Gasteiger partial charge is 0.206 e. The maximum atomic E-state index is 12.5. The Morgan fingerprint density at radius 3 is 2.79 bits per heavy atom. The SMILES string of the molecule is CCOc1c(N)cccc1C(=O)c1cc(Br)c(C)s1. The topological polar surface area (TPSA) is 52.3 Å². The van der Waals surface area contributed by atoms with Crippen LogP contribution < -0.4 is 10.5 Å². The highest BCUT2D eigenvalue weighted by Crippen LogP contribution is 2.32. The maximum absolute atomic E-state index is 12.5. The van der Waals surface area contributed by atoms with Crippen LogP contribution in [0.5, 0.6) is 5.75 Å². The van der Waals surface area contributed by atoms with Gasteiger partial charge in [0.15, 0.2) is 5.75 Å². The molecular weight excluding hydrogens is 326 g/mol. The van der Waals surface area contributed by atoms with Crippen molar-refractivity contribution < 1.29 is 9.53 Å². The fourth-order valence-electron chi connectivity index (χ4n) is 1.74. The van der Waals surface area contributed by atoms with Crippen molar-refractivity contribution in [1.82, 2.24) is 0 Å². The lowest BCUT2D eigenvalue weighted by molar-refractivity contribution is 0.103. The molecule has 1 aromatic heterocycles. The molecule has 1 aromatic carbocycles. The van der Waals surface area contributed by atoms with Crippen LogP contribution in [-0.2, 0) is 0 Å². The lowest BCUT2D eigenvalue weighted by Crippen LogP contribution is -2.06. The average Bonchev–Trinajstić information content (AvgIpc) is 2.71. The molecule has 0 spiro atoms. The summed E-state index contributed by atoms with van der Waals surface area (Å²) in [6.07, 6.45) is 0. The van der Waals surface area contributed by atoms with Crippen molar-refractivity contribution in [2.75, 3.05) is 12.3 Å². The number of rotatable bonds is 4. The molecule has 1 heterocycles. The summed E-state index contributed by atoms with van der Waals surface area (Å²) in [7, 11) is 0. The number of ketones is 1. The van der Waals surface area contributed by atoms with Gasteiger partial charge in [-0.15, -0.1) is 11.3 Å². The molecule has 0 fully saturated rings. The number of para-hydroxylation sites is 1. The molecule has 2 N–H and O–H groups in total. The van der Waals surface area contributed by atoms with E-state index in [-0.39, 0.29) is 5.78 Å². The number of anilines is 1. The minimum atomic E-state index is -0.0606. The number of thiophene rings is 1. The molecule has 0 aliphatic carbocycles. The predicted octanol–water partition coefficient (Wildman–Crippen LogP) is 4.03. The highest BCUT2D eigenvalue weighted by Gasteiger charge is 2.19. The van der Waals surface area contributed by atoms with Crippen LogP contribution in [0, 0.1) is 6.92 Å². The Kier molecular flexibility index (Phi) is 4.27. The second-order valence-electron chi connectivity index (χ2n) is 4.00. The lowest BCUT2D eigenvalue weighted by atomic mass is 10.1. The largest absolute Gasteiger partial charge is 0.491 e. The Morgan fingerprint density at radius 2 is 2.21 bits per heavy atom. The molecule has 5 heteroatoms. The van der Waals surface area contributed by atoms with E-state index in [2.05, 4.69) is 15.9 Å². The summed E-state index contributed by atoms with van der Waals surface area (Å²) in [6.45, 7) is 4.31. The van der Waals surface area contributed by atoms with E-state index in [0.29, 0.717) is 28.5 Å². The Labute approximate surface area is 124 Å². The summed E-state index contributed by atoms with van der Waals surface area (Å²) in [6, 6.07) is 7.08. The minimum Gasteiger partial charge on any atom is -0.491 e. The van der Waals surface area contributed by atoms with Crippen LogP contribution in [0.2, 0.25) is 0 Å². The highest BCUT2D eigenvalue weighted by atomic mass is 79.9. The van der Waals surface area contributed by atoms with E-state index >= 15 is 0 Å². The van der Waals surface area contributed by atoms with Crippen molar-refractivity contribution in [3.63, 3.8) is 0 Å². The van der Waals surface area contributed by atoms with Crippen molar-refractivity contribution in [1.29, 1.82) is 0 Å². The molecule has 0 aliphatic rings. The number of nitrogen functional groups attached to an aromatic ring is 1. The van der Waals surface area contributed by atoms with Crippen molar-refractivity contribution in [2.24, 2.45) is 0 Å². The normalized spacial score (nSPS) is 10.5. The van der Waals surface area contributed by atoms with Crippen molar-refractivity contribution in [3.8, 4) is 5.75 Å². The van der Waals surface area contributed by atoms with Gasteiger partial charge in [-0.05, 0) is 48.0 Å². The van der Waals surface area contributed by atoms with E-state index in [1.807, 2.05) is 19.9 Å². The molecule has 19 heavy (non-hydrogen) atoms. The fraction of sp³-hybridized carbons (Fsp3) is 0.214. The van der Waals surface area contributed by atoms with Gasteiger partial charge in [-0.2, -0.15) is 0 Å². The van der Waals surface area contributed by atoms with Crippen LogP contribution in [0.25, 0.3) is 0 Å². The summed E-state index contributed by atoms with van der Waals surface area (Å²) in [5, 5.41) is 0. The van der Waals surface area contributed by atoms with Gasteiger partial charge in [-0.25, -0.2) is 0 Å². The van der Waals surface area contributed by atoms with Gasteiger partial charge in [-0.1, -0.05) is 6.07 Å². The zero-order valence-corrected chi connectivity index (χ0v) is 13.1. The zero-order valence-electron chi connectivity index (χ0n) is 10.7. The van der Waals surface area contributed by atoms with Gasteiger partial charge in [0.05, 0.1) is 22.7 Å². The molecule has 0 unspecified atom stereocenters. The van der Waals surface area contributed by atoms with Gasteiger partial charge in [0.2, 0.25) is 5.78 Å². The number of aryl methyl sites for hydroxylation is 1. The molecule has 100 valence electrons. The first kappa shape index (κ1) is 14.1. The summed E-state index contributed by atoms with van der Waals surface area (Å²) in [5.41, 5.74) is 6.87. The Balaban J connectivity index is 2.46. The number of nitrogens with two attached hydrogens (primary N) is 1. The van der Waals surface area contributed by atoms with Crippen LogP contribution in [0.3, 0.4) is 0 Å². The second-order valence-corrected chi connectivity index (χ2v) is 6.11. The molecule has 2 aromatic rings. The van der Waals surface area contributed by atoms with Gasteiger partial charge < -0.3 is 10.5 Å². The first-order valence-corrected chi connectivity index (χ1v) is 7.47. The standard InChI is InChI=1S/C14H14BrNO2S/c1-3-18-14-9(5-4-6-11(14)16)13(17)12-7-10(15)8(2)19-12/h4-7H,3,16H2,1-2H3. The molecule has 0 atom stereocenters. The minimum absolute atomic E-state index is 0.0606. The van der Waals surface area contributed by atoms with Crippen molar-refractivity contribution >= 4 is 38.7 Å². The van der Waals surface area contributed by atoms with E-state index in [9.17, 15) is 4.79 Å². The maximum Gasteiger partial charge on any atom is 0.206 e. The number of benzene rings is 1. The molecule has 0 radical (unpaired) electrons. The first-order chi connectivity index (χ1) is 9.04. The van der Waals surface area contributed by atoms with Crippen molar-refractivity contribution in [2.45, 2.75) is 13.8 Å². The third kappa shape index (κ3) is 2.82. The molecule has 0 aliphatic heterocycles. The predicted molar refractivity (Wildman–Crippen MR) is 82.2 cm³/mol. The highest BCUT2D eigenvalue weighted by molar-refractivity contribution is 9.10. The molecule has 0 amide bonds. The number of ether oxygens (including phenoxy) is 1. The number of carbonyl (C=O) groups is 1. The first-order valence-electron chi connectivity index (χ1n) is 5.86. The molecule has 0 saturated heterocycles. The number of halogens is 1. The monoisotopic (exact) mass is 339 g/mol. The third-order valence-corrected chi connectivity index (χ3v) is 4.80. The molecular formula is C14H14BrNO2S. The van der Waals surface area contributed by atoms with E-state index in [4.69, 9.17) is 10.5 Å². The van der Waals surface area contributed by atoms with Gasteiger partial charge >= 0.3 is 0 Å². The van der Waals surface area contributed by atoms with Crippen LogP contribution in [0.4, 0.5) is 5.69 Å². The summed E-state index contributed by atoms with van der Waals surface area (Å²) in [4.78, 5) is 14.3. The third-order valence-electron chi connectivity index (χ3n) is 2.66. The quantitative estimate of drug-likeness (QED) is 0.675. The Morgan fingerprint density at radius 1 is 1.47 bits per heavy atom. The number of hydrogen-bond acceptors (Lipinski definition) is 4. The van der Waals surface area contributed by atoms with Crippen molar-refractivity contribution in [3.05, 3.63) is 44.1 Å². The molecule has 0 saturated carbocycles. The number of hydrogen-bond donors (Lipinski definition) is 1. The average molecular weight is 340 g/mol. The van der Waals surface area contributed by atoms with Crippen LogP contribution in [-0.4, -0.2) is 12.4 Å². The second kappa shape index (κ2) is 5.75.